The molecular weight excluding hydrogens is 380 g/mol. The van der Waals surface area contributed by atoms with Crippen molar-refractivity contribution in [1.29, 1.82) is 0 Å². The van der Waals surface area contributed by atoms with Gasteiger partial charge in [0.25, 0.3) is 0 Å². The van der Waals surface area contributed by atoms with Crippen LogP contribution in [0.4, 0.5) is 5.95 Å². The molecule has 31 heavy (non-hydrogen) atoms. The minimum Gasteiger partial charge on any atom is -0.325 e. The lowest BCUT2D eigenvalue weighted by molar-refractivity contribution is 0.200. The van der Waals surface area contributed by atoms with Gasteiger partial charge in [-0.15, -0.1) is 0 Å². The van der Waals surface area contributed by atoms with E-state index in [0.29, 0.717) is 5.92 Å². The third-order valence-electron chi connectivity index (χ3n) is 6.21. The number of fused-ring (bicyclic) bond motifs is 3. The van der Waals surface area contributed by atoms with Gasteiger partial charge in [0, 0.05) is 13.1 Å². The maximum absolute atomic E-state index is 4.97. The van der Waals surface area contributed by atoms with Crippen LogP contribution in [0.5, 0.6) is 0 Å². The molecule has 3 aromatic carbocycles. The zero-order chi connectivity index (χ0) is 21.2. The number of nitrogens with zero attached hydrogens (tertiary/aromatic N) is 4. The molecule has 0 spiro atoms. The van der Waals surface area contributed by atoms with Crippen LogP contribution in [0.1, 0.15) is 36.5 Å². The molecule has 0 atom stereocenters. The van der Waals surface area contributed by atoms with Gasteiger partial charge in [0.1, 0.15) is 0 Å². The molecule has 1 aliphatic rings. The van der Waals surface area contributed by atoms with Crippen molar-refractivity contribution >= 4 is 17.0 Å². The molecule has 0 saturated carbocycles. The highest BCUT2D eigenvalue weighted by Crippen LogP contribution is 2.28. The van der Waals surface area contributed by atoms with Gasteiger partial charge in [-0.25, -0.2) is 4.98 Å². The van der Waals surface area contributed by atoms with Crippen molar-refractivity contribution < 1.29 is 0 Å². The third-order valence-corrected chi connectivity index (χ3v) is 6.21. The maximum atomic E-state index is 4.97. The number of aromatic nitrogens is 2. The van der Waals surface area contributed by atoms with E-state index in [1.807, 2.05) is 0 Å². The van der Waals surface area contributed by atoms with E-state index in [4.69, 9.17) is 4.98 Å². The highest BCUT2D eigenvalue weighted by Gasteiger charge is 2.25. The lowest BCUT2D eigenvalue weighted by Gasteiger charge is -2.37. The molecule has 0 unspecified atom stereocenters. The fourth-order valence-corrected chi connectivity index (χ4v) is 4.42. The second-order valence-corrected chi connectivity index (χ2v) is 8.84. The summed E-state index contributed by atoms with van der Waals surface area (Å²) in [7, 11) is 0. The molecule has 0 aliphatic carbocycles. The van der Waals surface area contributed by atoms with Crippen molar-refractivity contribution in [3.05, 3.63) is 95.6 Å². The first-order chi connectivity index (χ1) is 15.2. The fourth-order valence-electron chi connectivity index (χ4n) is 4.42. The fraction of sp³-hybridized carbons (Fsp3) is 0.296. The minimum absolute atomic E-state index is 0.579. The number of para-hydroxylation sites is 2. The molecule has 0 saturated heterocycles. The Morgan fingerprint density at radius 2 is 1.55 bits per heavy atom. The van der Waals surface area contributed by atoms with E-state index >= 15 is 0 Å². The number of hydrogen-bond acceptors (Lipinski definition) is 3. The molecule has 0 fully saturated rings. The van der Waals surface area contributed by atoms with E-state index in [-0.39, 0.29) is 0 Å². The average Bonchev–Trinajstić information content (AvgIpc) is 3.18. The maximum Gasteiger partial charge on any atom is 0.209 e. The van der Waals surface area contributed by atoms with Gasteiger partial charge in [0.15, 0.2) is 0 Å². The molecule has 4 aromatic rings. The van der Waals surface area contributed by atoms with Gasteiger partial charge in [-0.05, 0) is 41.2 Å². The number of imidazole rings is 1. The molecule has 1 aromatic heterocycles. The summed E-state index contributed by atoms with van der Waals surface area (Å²) in [6, 6.07) is 28.3. The first-order valence-corrected chi connectivity index (χ1v) is 11.2. The third kappa shape index (κ3) is 4.21. The number of hydrogen-bond donors (Lipinski definition) is 0. The lowest BCUT2D eigenvalue weighted by atomic mass is 10.0. The van der Waals surface area contributed by atoms with Crippen molar-refractivity contribution in [2.75, 3.05) is 18.1 Å². The van der Waals surface area contributed by atoms with Crippen LogP contribution in [0.25, 0.3) is 11.0 Å². The average molecular weight is 411 g/mol. The smallest absolute Gasteiger partial charge is 0.209 e. The summed E-state index contributed by atoms with van der Waals surface area (Å²) in [6.45, 7) is 8.16. The Morgan fingerprint density at radius 3 is 2.32 bits per heavy atom. The Balaban J connectivity index is 1.38. The second kappa shape index (κ2) is 8.56. The van der Waals surface area contributed by atoms with E-state index in [0.717, 1.165) is 44.3 Å². The Bertz CT molecular complexity index is 1150. The predicted octanol–water partition coefficient (Wildman–Crippen LogP) is 5.64. The van der Waals surface area contributed by atoms with Crippen molar-refractivity contribution in [1.82, 2.24) is 14.5 Å². The molecule has 0 amide bonds. The van der Waals surface area contributed by atoms with Gasteiger partial charge < -0.3 is 4.90 Å². The zero-order valence-electron chi connectivity index (χ0n) is 18.4. The SMILES string of the molecule is CC(C)c1ccc(CCN2CN(Cc3ccccc3)c3nc4ccccc4n3C2)cc1. The lowest BCUT2D eigenvalue weighted by Crippen LogP contribution is -2.45. The predicted molar refractivity (Wildman–Crippen MR) is 128 cm³/mol. The minimum atomic E-state index is 0.579. The number of benzene rings is 3. The van der Waals surface area contributed by atoms with E-state index in [1.165, 1.54) is 22.2 Å². The van der Waals surface area contributed by atoms with Crippen molar-refractivity contribution in [2.45, 2.75) is 39.4 Å². The highest BCUT2D eigenvalue weighted by molar-refractivity contribution is 5.79. The number of rotatable bonds is 6. The van der Waals surface area contributed by atoms with Gasteiger partial charge in [-0.2, -0.15) is 0 Å². The van der Waals surface area contributed by atoms with Gasteiger partial charge in [0.05, 0.1) is 24.4 Å². The standard InChI is InChI=1S/C27H30N4/c1-21(2)24-14-12-22(13-15-24)16-17-29-19-30(18-23-8-4-3-5-9-23)27-28-25-10-6-7-11-26(25)31(27)20-29/h3-15,21H,16-20H2,1-2H3. The van der Waals surface area contributed by atoms with Crippen molar-refractivity contribution in [3.63, 3.8) is 0 Å². The van der Waals surface area contributed by atoms with E-state index < -0.39 is 0 Å². The molecule has 0 N–H and O–H groups in total. The van der Waals surface area contributed by atoms with Crippen LogP contribution in [0.15, 0.2) is 78.9 Å². The zero-order valence-corrected chi connectivity index (χ0v) is 18.4. The summed E-state index contributed by atoms with van der Waals surface area (Å²) < 4.78 is 2.36. The summed E-state index contributed by atoms with van der Waals surface area (Å²) in [6.07, 6.45) is 1.06. The second-order valence-electron chi connectivity index (χ2n) is 8.84. The van der Waals surface area contributed by atoms with Crippen LogP contribution >= 0.6 is 0 Å². The molecule has 4 nitrogen and oxygen atoms in total. The molecule has 5 rings (SSSR count). The molecular formula is C27H30N4. The summed E-state index contributed by atoms with van der Waals surface area (Å²) in [5.74, 6) is 1.65. The van der Waals surface area contributed by atoms with Gasteiger partial charge in [-0.3, -0.25) is 9.47 Å². The van der Waals surface area contributed by atoms with Crippen LogP contribution in [0, 0.1) is 0 Å². The van der Waals surface area contributed by atoms with Crippen molar-refractivity contribution in [3.8, 4) is 0 Å². The van der Waals surface area contributed by atoms with Crippen LogP contribution in [0.2, 0.25) is 0 Å². The van der Waals surface area contributed by atoms with E-state index in [1.54, 1.807) is 0 Å². The van der Waals surface area contributed by atoms with E-state index in [2.05, 4.69) is 107 Å². The van der Waals surface area contributed by atoms with E-state index in [9.17, 15) is 0 Å². The Labute approximate surface area is 184 Å². The van der Waals surface area contributed by atoms with Crippen LogP contribution in [-0.2, 0) is 19.6 Å². The number of anilines is 1. The molecule has 2 heterocycles. The largest absolute Gasteiger partial charge is 0.325 e. The normalized spacial score (nSPS) is 14.4. The first kappa shape index (κ1) is 19.8. The summed E-state index contributed by atoms with van der Waals surface area (Å²) in [4.78, 5) is 9.90. The van der Waals surface area contributed by atoms with Gasteiger partial charge >= 0.3 is 0 Å². The first-order valence-electron chi connectivity index (χ1n) is 11.2. The molecule has 158 valence electrons. The summed E-state index contributed by atoms with van der Waals surface area (Å²) >= 11 is 0. The highest BCUT2D eigenvalue weighted by atomic mass is 15.5. The van der Waals surface area contributed by atoms with Gasteiger partial charge in [-0.1, -0.05) is 80.6 Å². The molecule has 0 bridgehead atoms. The summed E-state index contributed by atoms with van der Waals surface area (Å²) in [5, 5.41) is 0. The Hall–Kier alpha value is -3.11. The molecule has 4 heteroatoms. The quantitative estimate of drug-likeness (QED) is 0.411. The topological polar surface area (TPSA) is 24.3 Å². The Morgan fingerprint density at radius 1 is 0.806 bits per heavy atom. The Kier molecular flexibility index (Phi) is 5.47. The van der Waals surface area contributed by atoms with Crippen LogP contribution < -0.4 is 4.90 Å². The van der Waals surface area contributed by atoms with Crippen LogP contribution in [-0.4, -0.2) is 27.7 Å². The molecule has 0 radical (unpaired) electrons. The van der Waals surface area contributed by atoms with Crippen molar-refractivity contribution in [2.24, 2.45) is 0 Å². The van der Waals surface area contributed by atoms with Gasteiger partial charge in [0.2, 0.25) is 5.95 Å². The van der Waals surface area contributed by atoms with Crippen LogP contribution in [0.3, 0.4) is 0 Å². The molecule has 1 aliphatic heterocycles. The summed E-state index contributed by atoms with van der Waals surface area (Å²) in [5.41, 5.74) is 6.40. The monoisotopic (exact) mass is 410 g/mol.